The second-order valence-corrected chi connectivity index (χ2v) is 6.82. The van der Waals surface area contributed by atoms with Gasteiger partial charge in [0.2, 0.25) is 0 Å². The monoisotopic (exact) mass is 353 g/mol. The van der Waals surface area contributed by atoms with E-state index in [-0.39, 0.29) is 24.7 Å². The minimum absolute atomic E-state index is 0.0518. The summed E-state index contributed by atoms with van der Waals surface area (Å²) in [7, 11) is 0. The molecule has 25 heavy (non-hydrogen) atoms. The lowest BCUT2D eigenvalue weighted by Gasteiger charge is -2.33. The van der Waals surface area contributed by atoms with Crippen molar-refractivity contribution < 1.29 is 23.9 Å². The fraction of sp³-hybridized carbons (Fsp3) is 0.625. The van der Waals surface area contributed by atoms with E-state index in [0.717, 1.165) is 0 Å². The van der Waals surface area contributed by atoms with Gasteiger partial charge in [0.25, 0.3) is 5.88 Å². The molecule has 1 amide bonds. The van der Waals surface area contributed by atoms with E-state index >= 15 is 0 Å². The fourth-order valence-electron chi connectivity index (χ4n) is 2.27. The van der Waals surface area contributed by atoms with E-state index in [2.05, 4.69) is 4.98 Å². The van der Waals surface area contributed by atoms with Gasteiger partial charge in [0.05, 0.1) is 18.1 Å². The summed E-state index contributed by atoms with van der Waals surface area (Å²) in [5, 5.41) is 11.1. The molecule has 1 aromatic rings. The van der Waals surface area contributed by atoms with Crippen molar-refractivity contribution in [3.63, 3.8) is 0 Å². The number of hydrogen-bond donors (Lipinski definition) is 0. The number of pyridine rings is 1. The molecule has 138 valence electrons. The van der Waals surface area contributed by atoms with Gasteiger partial charge >= 0.3 is 11.8 Å². The van der Waals surface area contributed by atoms with E-state index in [0.29, 0.717) is 18.7 Å². The molecule has 1 aliphatic heterocycles. The van der Waals surface area contributed by atoms with E-state index in [4.69, 9.17) is 14.2 Å². The van der Waals surface area contributed by atoms with E-state index in [1.807, 2.05) is 0 Å². The van der Waals surface area contributed by atoms with Gasteiger partial charge in [0, 0.05) is 18.8 Å². The van der Waals surface area contributed by atoms with Gasteiger partial charge in [-0.05, 0) is 33.3 Å². The Morgan fingerprint density at radius 1 is 1.52 bits per heavy atom. The first-order valence-corrected chi connectivity index (χ1v) is 7.99. The second kappa shape index (κ2) is 7.64. The number of amides is 1. The predicted molar refractivity (Wildman–Crippen MR) is 88.7 cm³/mol. The summed E-state index contributed by atoms with van der Waals surface area (Å²) >= 11 is 0. The van der Waals surface area contributed by atoms with Gasteiger partial charge in [0.15, 0.2) is 0 Å². The van der Waals surface area contributed by atoms with E-state index in [9.17, 15) is 14.9 Å². The van der Waals surface area contributed by atoms with Gasteiger partial charge in [-0.3, -0.25) is 10.1 Å². The molecule has 1 saturated heterocycles. The first-order chi connectivity index (χ1) is 11.7. The van der Waals surface area contributed by atoms with Crippen LogP contribution in [-0.2, 0) is 9.47 Å². The zero-order chi connectivity index (χ0) is 18.6. The molecule has 2 heterocycles. The van der Waals surface area contributed by atoms with Crippen molar-refractivity contribution in [3.05, 3.63) is 27.9 Å². The van der Waals surface area contributed by atoms with Gasteiger partial charge in [-0.2, -0.15) is 0 Å². The largest absolute Gasteiger partial charge is 0.470 e. The molecule has 0 bridgehead atoms. The third-order valence-electron chi connectivity index (χ3n) is 3.36. The Balaban J connectivity index is 1.95. The Bertz CT molecular complexity index is 643. The minimum Gasteiger partial charge on any atom is -0.470 e. The van der Waals surface area contributed by atoms with E-state index in [1.54, 1.807) is 32.6 Å². The highest BCUT2D eigenvalue weighted by molar-refractivity contribution is 5.68. The van der Waals surface area contributed by atoms with E-state index < -0.39 is 22.7 Å². The topological polar surface area (TPSA) is 104 Å². The number of nitro groups is 1. The van der Waals surface area contributed by atoms with Crippen LogP contribution in [0.3, 0.4) is 0 Å². The first-order valence-electron chi connectivity index (χ1n) is 7.99. The van der Waals surface area contributed by atoms with Crippen LogP contribution in [-0.4, -0.2) is 58.9 Å². The summed E-state index contributed by atoms with van der Waals surface area (Å²) < 4.78 is 16.4. The lowest BCUT2D eigenvalue weighted by atomic mass is 10.2. The van der Waals surface area contributed by atoms with Gasteiger partial charge in [-0.1, -0.05) is 0 Å². The number of hydrogen-bond acceptors (Lipinski definition) is 7. The average Bonchev–Trinajstić information content (AvgIpc) is 2.52. The van der Waals surface area contributed by atoms with Crippen LogP contribution in [0.1, 0.15) is 26.3 Å². The van der Waals surface area contributed by atoms with Crippen molar-refractivity contribution in [2.45, 2.75) is 39.4 Å². The molecule has 0 saturated carbocycles. The maximum absolute atomic E-state index is 12.1. The third kappa shape index (κ3) is 5.56. The van der Waals surface area contributed by atoms with Crippen LogP contribution < -0.4 is 4.74 Å². The first kappa shape index (κ1) is 18.9. The number of carbonyl (C=O) groups is 1. The molecule has 0 N–H and O–H groups in total. The number of carbonyl (C=O) groups excluding carboxylic acids is 1. The highest BCUT2D eigenvalue weighted by Crippen LogP contribution is 2.25. The molecule has 1 unspecified atom stereocenters. The molecule has 1 aromatic heterocycles. The van der Waals surface area contributed by atoms with Crippen LogP contribution in [0.2, 0.25) is 0 Å². The predicted octanol–water partition coefficient (Wildman–Crippen LogP) is 2.31. The number of morpholine rings is 1. The van der Waals surface area contributed by atoms with Crippen molar-refractivity contribution in [1.82, 2.24) is 9.88 Å². The van der Waals surface area contributed by atoms with Crippen LogP contribution in [0.5, 0.6) is 5.88 Å². The third-order valence-corrected chi connectivity index (χ3v) is 3.36. The van der Waals surface area contributed by atoms with Crippen LogP contribution in [0.15, 0.2) is 12.3 Å². The molecule has 1 fully saturated rings. The summed E-state index contributed by atoms with van der Waals surface area (Å²) in [4.78, 5) is 28.2. The molecular formula is C16H23N3O6. The van der Waals surface area contributed by atoms with Gasteiger partial charge in [-0.25, -0.2) is 9.78 Å². The molecule has 1 atom stereocenters. The van der Waals surface area contributed by atoms with Crippen molar-refractivity contribution >= 4 is 11.8 Å². The Hall–Kier alpha value is -2.42. The summed E-state index contributed by atoms with van der Waals surface area (Å²) in [6.07, 6.45) is 0.668. The summed E-state index contributed by atoms with van der Waals surface area (Å²) in [5.41, 5.74) is -0.0998. The molecular weight excluding hydrogens is 330 g/mol. The Kier molecular flexibility index (Phi) is 5.78. The highest BCUT2D eigenvalue weighted by atomic mass is 16.6. The number of rotatable bonds is 4. The van der Waals surface area contributed by atoms with E-state index in [1.165, 1.54) is 12.3 Å². The molecule has 0 spiro atoms. The lowest BCUT2D eigenvalue weighted by molar-refractivity contribution is -0.386. The van der Waals surface area contributed by atoms with Crippen molar-refractivity contribution in [3.8, 4) is 5.88 Å². The lowest BCUT2D eigenvalue weighted by Crippen LogP contribution is -2.49. The molecule has 9 nitrogen and oxygen atoms in total. The smallest absolute Gasteiger partial charge is 0.410 e. The van der Waals surface area contributed by atoms with Crippen molar-refractivity contribution in [2.75, 3.05) is 26.3 Å². The standard InChI is InChI=1S/C16H23N3O6/c1-11-7-13(19(21)22)14(17-8-11)24-10-12-9-18(5-6-23-12)15(20)25-16(2,3)4/h7-8,12H,5-6,9-10H2,1-4H3. The molecule has 0 aliphatic carbocycles. The van der Waals surface area contributed by atoms with Crippen LogP contribution >= 0.6 is 0 Å². The number of aryl methyl sites for hydroxylation is 1. The molecule has 1 aliphatic rings. The van der Waals surface area contributed by atoms with Gasteiger partial charge < -0.3 is 19.1 Å². The highest BCUT2D eigenvalue weighted by Gasteiger charge is 2.29. The zero-order valence-electron chi connectivity index (χ0n) is 14.9. The molecule has 2 rings (SSSR count). The quantitative estimate of drug-likeness (QED) is 0.604. The molecule has 0 aromatic carbocycles. The fourth-order valence-corrected chi connectivity index (χ4v) is 2.27. The number of nitrogens with zero attached hydrogens (tertiary/aromatic N) is 3. The maximum atomic E-state index is 12.1. The van der Waals surface area contributed by atoms with Gasteiger partial charge in [0.1, 0.15) is 18.3 Å². The zero-order valence-corrected chi connectivity index (χ0v) is 14.9. The van der Waals surface area contributed by atoms with Crippen molar-refractivity contribution in [2.24, 2.45) is 0 Å². The summed E-state index contributed by atoms with van der Waals surface area (Å²) in [6.45, 7) is 8.22. The minimum atomic E-state index is -0.576. The van der Waals surface area contributed by atoms with Crippen LogP contribution in [0.4, 0.5) is 10.5 Å². The van der Waals surface area contributed by atoms with Crippen molar-refractivity contribution in [1.29, 1.82) is 0 Å². The summed E-state index contributed by atoms with van der Waals surface area (Å²) in [5.74, 6) is -0.0615. The molecule has 9 heteroatoms. The SMILES string of the molecule is Cc1cnc(OCC2CN(C(=O)OC(C)(C)C)CCO2)c([N+](=O)[O-])c1. The van der Waals surface area contributed by atoms with Gasteiger partial charge in [-0.15, -0.1) is 0 Å². The molecule has 0 radical (unpaired) electrons. The van der Waals surface area contributed by atoms with Crippen LogP contribution in [0, 0.1) is 17.0 Å². The Morgan fingerprint density at radius 3 is 2.88 bits per heavy atom. The van der Waals surface area contributed by atoms with Crippen LogP contribution in [0.25, 0.3) is 0 Å². The Labute approximate surface area is 146 Å². The summed E-state index contributed by atoms with van der Waals surface area (Å²) in [6, 6.07) is 1.40. The second-order valence-electron chi connectivity index (χ2n) is 6.82. The average molecular weight is 353 g/mol. The number of aromatic nitrogens is 1. The number of ether oxygens (including phenoxy) is 3. The Morgan fingerprint density at radius 2 is 2.24 bits per heavy atom. The normalized spacial score (nSPS) is 17.9. The maximum Gasteiger partial charge on any atom is 0.410 e.